The Morgan fingerprint density at radius 2 is 1.62 bits per heavy atom. The quantitative estimate of drug-likeness (QED) is 0.801. The van der Waals surface area contributed by atoms with Crippen molar-refractivity contribution in [2.75, 3.05) is 25.5 Å². The van der Waals surface area contributed by atoms with Gasteiger partial charge in [0.25, 0.3) is 5.91 Å². The molecule has 136 valence electrons. The lowest BCUT2D eigenvalue weighted by Crippen LogP contribution is -2.37. The Morgan fingerprint density at radius 3 is 2.27 bits per heavy atom. The largest absolute Gasteiger partial charge is 0.352 e. The molecule has 6 nitrogen and oxygen atoms in total. The van der Waals surface area contributed by atoms with Crippen LogP contribution in [0, 0.1) is 6.92 Å². The van der Waals surface area contributed by atoms with E-state index in [2.05, 4.69) is 10.6 Å². The number of benzene rings is 2. The van der Waals surface area contributed by atoms with Crippen LogP contribution in [0.25, 0.3) is 0 Å². The second-order valence-electron chi connectivity index (χ2n) is 6.04. The molecule has 0 radical (unpaired) electrons. The van der Waals surface area contributed by atoms with Gasteiger partial charge >= 0.3 is 0 Å². The number of hydrogen-bond acceptors (Lipinski definition) is 3. The maximum absolute atomic E-state index is 12.1. The van der Waals surface area contributed by atoms with Crippen molar-refractivity contribution in [3.63, 3.8) is 0 Å². The van der Waals surface area contributed by atoms with Gasteiger partial charge < -0.3 is 15.5 Å². The van der Waals surface area contributed by atoms with Crippen molar-refractivity contribution < 1.29 is 14.4 Å². The van der Waals surface area contributed by atoms with E-state index in [1.807, 2.05) is 37.3 Å². The molecule has 0 aliphatic rings. The Morgan fingerprint density at radius 1 is 0.962 bits per heavy atom. The van der Waals surface area contributed by atoms with Gasteiger partial charge in [0.15, 0.2) is 0 Å². The van der Waals surface area contributed by atoms with Gasteiger partial charge in [-0.1, -0.05) is 35.9 Å². The molecule has 0 aliphatic carbocycles. The number of anilines is 1. The molecule has 2 N–H and O–H groups in total. The van der Waals surface area contributed by atoms with Crippen LogP contribution in [-0.2, 0) is 9.59 Å². The van der Waals surface area contributed by atoms with Crippen LogP contribution in [0.5, 0.6) is 0 Å². The maximum Gasteiger partial charge on any atom is 0.251 e. The lowest BCUT2D eigenvalue weighted by molar-refractivity contribution is -0.133. The SMILES string of the molecule is Cc1ccc(NC(=O)CN(C)C(=O)CCNC(=O)c2ccccc2)cc1. The standard InChI is InChI=1S/C20H23N3O3/c1-15-8-10-17(11-9-15)22-18(24)14-23(2)19(25)12-13-21-20(26)16-6-4-3-5-7-16/h3-11H,12-14H2,1-2H3,(H,21,26)(H,22,24). The van der Waals surface area contributed by atoms with Gasteiger partial charge in [0.2, 0.25) is 11.8 Å². The zero-order chi connectivity index (χ0) is 18.9. The van der Waals surface area contributed by atoms with Crippen LogP contribution in [0.1, 0.15) is 22.3 Å². The summed E-state index contributed by atoms with van der Waals surface area (Å²) in [5, 5.41) is 5.44. The number of nitrogens with one attached hydrogen (secondary N) is 2. The first-order chi connectivity index (χ1) is 12.5. The van der Waals surface area contributed by atoms with Crippen LogP contribution in [0.3, 0.4) is 0 Å². The Balaban J connectivity index is 1.72. The summed E-state index contributed by atoms with van der Waals surface area (Å²) in [7, 11) is 1.57. The zero-order valence-corrected chi connectivity index (χ0v) is 15.0. The summed E-state index contributed by atoms with van der Waals surface area (Å²) in [4.78, 5) is 37.3. The van der Waals surface area contributed by atoms with Crippen molar-refractivity contribution >= 4 is 23.4 Å². The van der Waals surface area contributed by atoms with Crippen molar-refractivity contribution in [2.45, 2.75) is 13.3 Å². The van der Waals surface area contributed by atoms with Crippen LogP contribution < -0.4 is 10.6 Å². The van der Waals surface area contributed by atoms with Crippen molar-refractivity contribution in [3.8, 4) is 0 Å². The molecule has 2 aromatic carbocycles. The average molecular weight is 353 g/mol. The minimum Gasteiger partial charge on any atom is -0.352 e. The van der Waals surface area contributed by atoms with Gasteiger partial charge in [-0.2, -0.15) is 0 Å². The molecule has 3 amide bonds. The van der Waals surface area contributed by atoms with Crippen LogP contribution in [-0.4, -0.2) is 42.8 Å². The highest BCUT2D eigenvalue weighted by Crippen LogP contribution is 2.08. The van der Waals surface area contributed by atoms with E-state index in [1.165, 1.54) is 4.90 Å². The number of rotatable bonds is 7. The molecule has 2 aromatic rings. The molecule has 0 saturated heterocycles. The fourth-order valence-corrected chi connectivity index (χ4v) is 2.31. The number of aryl methyl sites for hydroxylation is 1. The maximum atomic E-state index is 12.1. The molecule has 0 fully saturated rings. The summed E-state index contributed by atoms with van der Waals surface area (Å²) < 4.78 is 0. The highest BCUT2D eigenvalue weighted by Gasteiger charge is 2.13. The summed E-state index contributed by atoms with van der Waals surface area (Å²) in [6.45, 7) is 2.14. The molecule has 0 unspecified atom stereocenters. The molecule has 26 heavy (non-hydrogen) atoms. The minimum atomic E-state index is -0.266. The van der Waals surface area contributed by atoms with Crippen molar-refractivity contribution in [1.29, 1.82) is 0 Å². The van der Waals surface area contributed by atoms with Crippen LogP contribution in [0.4, 0.5) is 5.69 Å². The summed E-state index contributed by atoms with van der Waals surface area (Å²) in [6, 6.07) is 16.2. The third kappa shape index (κ3) is 6.05. The molecule has 2 rings (SSSR count). The normalized spacial score (nSPS) is 10.1. The lowest BCUT2D eigenvalue weighted by atomic mass is 10.2. The molecular formula is C20H23N3O3. The predicted molar refractivity (Wildman–Crippen MR) is 101 cm³/mol. The summed E-state index contributed by atoms with van der Waals surface area (Å²) in [6.07, 6.45) is 0.132. The molecule has 6 heteroatoms. The van der Waals surface area contributed by atoms with E-state index in [1.54, 1.807) is 31.3 Å². The van der Waals surface area contributed by atoms with Crippen LogP contribution in [0.15, 0.2) is 54.6 Å². The predicted octanol–water partition coefficient (Wildman–Crippen LogP) is 2.21. The van der Waals surface area contributed by atoms with Crippen molar-refractivity contribution in [3.05, 3.63) is 65.7 Å². The number of amides is 3. The number of hydrogen-bond donors (Lipinski definition) is 2. The molecule has 0 heterocycles. The van der Waals surface area contributed by atoms with E-state index in [-0.39, 0.29) is 37.2 Å². The molecule has 0 aromatic heterocycles. The number of likely N-dealkylation sites (N-methyl/N-ethyl adjacent to an activating group) is 1. The van der Waals surface area contributed by atoms with E-state index >= 15 is 0 Å². The van der Waals surface area contributed by atoms with Gasteiger partial charge in [-0.05, 0) is 31.2 Å². The smallest absolute Gasteiger partial charge is 0.251 e. The minimum absolute atomic E-state index is 0.0423. The molecule has 0 aliphatic heterocycles. The summed E-state index contributed by atoms with van der Waals surface area (Å²) in [5.74, 6) is -0.700. The molecule has 0 bridgehead atoms. The Kier molecular flexibility index (Phi) is 6.91. The number of nitrogens with zero attached hydrogens (tertiary/aromatic N) is 1. The molecular weight excluding hydrogens is 330 g/mol. The fraction of sp³-hybridized carbons (Fsp3) is 0.250. The van der Waals surface area contributed by atoms with E-state index in [9.17, 15) is 14.4 Å². The van der Waals surface area contributed by atoms with E-state index in [0.29, 0.717) is 11.3 Å². The van der Waals surface area contributed by atoms with Crippen molar-refractivity contribution in [1.82, 2.24) is 10.2 Å². The first-order valence-electron chi connectivity index (χ1n) is 8.39. The van der Waals surface area contributed by atoms with Crippen molar-refractivity contribution in [2.24, 2.45) is 0 Å². The highest BCUT2D eigenvalue weighted by atomic mass is 16.2. The molecule has 0 atom stereocenters. The first kappa shape index (κ1) is 19.2. The summed E-state index contributed by atoms with van der Waals surface area (Å²) in [5.41, 5.74) is 2.34. The second kappa shape index (κ2) is 9.36. The van der Waals surface area contributed by atoms with E-state index in [4.69, 9.17) is 0 Å². The lowest BCUT2D eigenvalue weighted by Gasteiger charge is -2.17. The number of carbonyl (C=O) groups is 3. The summed E-state index contributed by atoms with van der Waals surface area (Å²) >= 11 is 0. The van der Waals surface area contributed by atoms with Crippen LogP contribution in [0.2, 0.25) is 0 Å². The van der Waals surface area contributed by atoms with Gasteiger partial charge in [0.05, 0.1) is 6.54 Å². The Labute approximate surface area is 153 Å². The van der Waals surface area contributed by atoms with Gasteiger partial charge in [0, 0.05) is 31.3 Å². The second-order valence-corrected chi connectivity index (χ2v) is 6.04. The Hall–Kier alpha value is -3.15. The third-order valence-corrected chi connectivity index (χ3v) is 3.80. The fourth-order valence-electron chi connectivity index (χ4n) is 2.31. The average Bonchev–Trinajstić information content (AvgIpc) is 2.64. The van der Waals surface area contributed by atoms with E-state index < -0.39 is 0 Å². The molecule has 0 saturated carbocycles. The topological polar surface area (TPSA) is 78.5 Å². The van der Waals surface area contributed by atoms with Crippen LogP contribution >= 0.6 is 0 Å². The zero-order valence-electron chi connectivity index (χ0n) is 15.0. The third-order valence-electron chi connectivity index (χ3n) is 3.80. The van der Waals surface area contributed by atoms with Gasteiger partial charge in [-0.25, -0.2) is 0 Å². The number of carbonyl (C=O) groups excluding carboxylic acids is 3. The monoisotopic (exact) mass is 353 g/mol. The van der Waals surface area contributed by atoms with Gasteiger partial charge in [0.1, 0.15) is 0 Å². The highest BCUT2D eigenvalue weighted by molar-refractivity contribution is 5.95. The first-order valence-corrected chi connectivity index (χ1v) is 8.39. The molecule has 0 spiro atoms. The van der Waals surface area contributed by atoms with Gasteiger partial charge in [-0.15, -0.1) is 0 Å². The van der Waals surface area contributed by atoms with Gasteiger partial charge in [-0.3, -0.25) is 14.4 Å². The van der Waals surface area contributed by atoms with E-state index in [0.717, 1.165) is 5.56 Å². The Bertz CT molecular complexity index is 758.